The van der Waals surface area contributed by atoms with Crippen LogP contribution in [0.4, 0.5) is 0 Å². The van der Waals surface area contributed by atoms with Crippen molar-refractivity contribution in [3.63, 3.8) is 0 Å². The molecular weight excluding hydrogens is 309 g/mol. The van der Waals surface area contributed by atoms with Crippen LogP contribution < -0.4 is 5.32 Å². The Labute approximate surface area is 113 Å². The molecule has 7 heteroatoms. The number of aryl methyl sites for hydroxylation is 1. The number of carbonyl (C=O) groups is 2. The van der Waals surface area contributed by atoms with Gasteiger partial charge in [-0.3, -0.25) is 14.3 Å². The van der Waals surface area contributed by atoms with Gasteiger partial charge in [-0.05, 0) is 40.9 Å². The van der Waals surface area contributed by atoms with Crippen molar-refractivity contribution in [3.05, 3.63) is 16.4 Å². The normalized spacial score (nSPS) is 10.3. The van der Waals surface area contributed by atoms with Gasteiger partial charge in [-0.2, -0.15) is 5.10 Å². The molecule has 0 bridgehead atoms. The van der Waals surface area contributed by atoms with E-state index in [1.807, 2.05) is 6.92 Å². The average Bonchev–Trinajstić information content (AvgIpc) is 2.65. The van der Waals surface area contributed by atoms with Crippen molar-refractivity contribution in [2.24, 2.45) is 0 Å². The highest BCUT2D eigenvalue weighted by Gasteiger charge is 2.14. The fourth-order valence-corrected chi connectivity index (χ4v) is 1.86. The average molecular weight is 323 g/mol. The van der Waals surface area contributed by atoms with Gasteiger partial charge in [-0.25, -0.2) is 0 Å². The molecule has 0 spiro atoms. The Morgan fingerprint density at radius 3 is 2.82 bits per heavy atom. The molecule has 0 saturated carbocycles. The highest BCUT2D eigenvalue weighted by atomic mass is 79.9. The first-order chi connectivity index (χ1) is 8.04. The molecule has 1 amide bonds. The first-order valence-corrected chi connectivity index (χ1v) is 6.41. The van der Waals surface area contributed by atoms with Crippen LogP contribution >= 0.6 is 27.5 Å². The third-order valence-corrected chi connectivity index (χ3v) is 2.86. The highest BCUT2D eigenvalue weighted by molar-refractivity contribution is 9.10. The van der Waals surface area contributed by atoms with Gasteiger partial charge in [0.2, 0.25) is 5.24 Å². The van der Waals surface area contributed by atoms with Crippen LogP contribution in [0.1, 0.15) is 30.3 Å². The van der Waals surface area contributed by atoms with E-state index in [2.05, 4.69) is 26.3 Å². The molecule has 94 valence electrons. The number of carbonyl (C=O) groups excluding carboxylic acids is 2. The molecule has 0 aliphatic rings. The summed E-state index contributed by atoms with van der Waals surface area (Å²) in [6, 6.07) is 0. The maximum Gasteiger partial charge on any atom is 0.272 e. The van der Waals surface area contributed by atoms with Gasteiger partial charge in [0.1, 0.15) is 0 Å². The van der Waals surface area contributed by atoms with Crippen LogP contribution in [-0.2, 0) is 11.3 Å². The van der Waals surface area contributed by atoms with Gasteiger partial charge in [0.25, 0.3) is 5.91 Å². The number of rotatable bonds is 6. The van der Waals surface area contributed by atoms with Crippen molar-refractivity contribution in [3.8, 4) is 0 Å². The van der Waals surface area contributed by atoms with Gasteiger partial charge in [-0.1, -0.05) is 0 Å². The topological polar surface area (TPSA) is 64.0 Å². The maximum absolute atomic E-state index is 11.7. The molecule has 0 aliphatic carbocycles. The molecule has 0 fully saturated rings. The van der Waals surface area contributed by atoms with E-state index in [0.717, 1.165) is 0 Å². The quantitative estimate of drug-likeness (QED) is 0.643. The van der Waals surface area contributed by atoms with Crippen molar-refractivity contribution in [2.45, 2.75) is 26.3 Å². The van der Waals surface area contributed by atoms with Crippen LogP contribution in [0.3, 0.4) is 0 Å². The first kappa shape index (κ1) is 14.2. The summed E-state index contributed by atoms with van der Waals surface area (Å²) in [5.74, 6) is -0.258. The molecular formula is C10H13BrClN3O2. The molecule has 0 unspecified atom stereocenters. The molecule has 5 nitrogen and oxygen atoms in total. The Morgan fingerprint density at radius 2 is 2.29 bits per heavy atom. The van der Waals surface area contributed by atoms with E-state index in [9.17, 15) is 9.59 Å². The van der Waals surface area contributed by atoms with Crippen molar-refractivity contribution < 1.29 is 9.59 Å². The largest absolute Gasteiger partial charge is 0.351 e. The van der Waals surface area contributed by atoms with Gasteiger partial charge in [0.05, 0.1) is 4.47 Å². The summed E-state index contributed by atoms with van der Waals surface area (Å²) in [4.78, 5) is 22.2. The Morgan fingerprint density at radius 1 is 1.59 bits per heavy atom. The van der Waals surface area contributed by atoms with E-state index in [0.29, 0.717) is 29.7 Å². The van der Waals surface area contributed by atoms with E-state index >= 15 is 0 Å². The Kier molecular flexibility index (Phi) is 5.64. The van der Waals surface area contributed by atoms with Crippen LogP contribution in [0.15, 0.2) is 10.7 Å². The molecule has 17 heavy (non-hydrogen) atoms. The molecule has 1 N–H and O–H groups in total. The standard InChI is InChI=1S/C10H13BrClN3O2/c1-2-15-6-7(11)9(14-15)10(17)13-5-3-4-8(12)16/h6H,2-5H2,1H3,(H,13,17). The van der Waals surface area contributed by atoms with Crippen LogP contribution in [0, 0.1) is 0 Å². The fourth-order valence-electron chi connectivity index (χ4n) is 1.23. The smallest absolute Gasteiger partial charge is 0.272 e. The van der Waals surface area contributed by atoms with Crippen molar-refractivity contribution >= 4 is 38.7 Å². The lowest BCUT2D eigenvalue weighted by Crippen LogP contribution is -2.25. The third kappa shape index (κ3) is 4.47. The minimum absolute atomic E-state index is 0.256. The van der Waals surface area contributed by atoms with Crippen LogP contribution in [-0.4, -0.2) is 27.5 Å². The summed E-state index contributed by atoms with van der Waals surface area (Å²) in [6.45, 7) is 3.04. The van der Waals surface area contributed by atoms with E-state index in [1.54, 1.807) is 10.9 Å². The van der Waals surface area contributed by atoms with Gasteiger partial charge in [-0.15, -0.1) is 0 Å². The van der Waals surface area contributed by atoms with E-state index < -0.39 is 5.24 Å². The molecule has 1 aromatic rings. The molecule has 0 aliphatic heterocycles. The van der Waals surface area contributed by atoms with E-state index in [1.165, 1.54) is 0 Å². The molecule has 0 atom stereocenters. The monoisotopic (exact) mass is 321 g/mol. The number of hydrogen-bond acceptors (Lipinski definition) is 3. The number of hydrogen-bond donors (Lipinski definition) is 1. The number of amides is 1. The lowest BCUT2D eigenvalue weighted by Gasteiger charge is -2.01. The van der Waals surface area contributed by atoms with Crippen molar-refractivity contribution in [1.82, 2.24) is 15.1 Å². The first-order valence-electron chi connectivity index (χ1n) is 5.24. The fraction of sp³-hybridized carbons (Fsp3) is 0.500. The van der Waals surface area contributed by atoms with Gasteiger partial charge in [0, 0.05) is 25.7 Å². The number of aromatic nitrogens is 2. The molecule has 1 aromatic heterocycles. The lowest BCUT2D eigenvalue weighted by molar-refractivity contribution is -0.111. The highest BCUT2D eigenvalue weighted by Crippen LogP contribution is 2.14. The Balaban J connectivity index is 2.46. The van der Waals surface area contributed by atoms with E-state index in [-0.39, 0.29) is 12.3 Å². The maximum atomic E-state index is 11.7. The zero-order chi connectivity index (χ0) is 12.8. The summed E-state index contributed by atoms with van der Waals surface area (Å²) in [7, 11) is 0. The summed E-state index contributed by atoms with van der Waals surface area (Å²) in [6.07, 6.45) is 2.53. The molecule has 0 radical (unpaired) electrons. The Hall–Kier alpha value is -0.880. The second-order valence-electron chi connectivity index (χ2n) is 3.40. The Bertz CT molecular complexity index is 420. The van der Waals surface area contributed by atoms with Crippen molar-refractivity contribution in [2.75, 3.05) is 6.54 Å². The minimum atomic E-state index is -0.393. The molecule has 0 saturated heterocycles. The number of nitrogens with one attached hydrogen (secondary N) is 1. The summed E-state index contributed by atoms with van der Waals surface area (Å²) in [5, 5.41) is 6.39. The van der Waals surface area contributed by atoms with Gasteiger partial charge < -0.3 is 5.32 Å². The predicted molar refractivity (Wildman–Crippen MR) is 68.0 cm³/mol. The zero-order valence-corrected chi connectivity index (χ0v) is 11.7. The second-order valence-corrected chi connectivity index (χ2v) is 4.67. The summed E-state index contributed by atoms with van der Waals surface area (Å²) in [5.41, 5.74) is 0.351. The van der Waals surface area contributed by atoms with E-state index in [4.69, 9.17) is 11.6 Å². The molecule has 0 aromatic carbocycles. The van der Waals surface area contributed by atoms with Crippen molar-refractivity contribution in [1.29, 1.82) is 0 Å². The lowest BCUT2D eigenvalue weighted by atomic mass is 10.3. The van der Waals surface area contributed by atoms with Crippen LogP contribution in [0.5, 0.6) is 0 Å². The SMILES string of the molecule is CCn1cc(Br)c(C(=O)NCCCC(=O)Cl)n1. The molecule has 1 rings (SSSR count). The van der Waals surface area contributed by atoms with Crippen LogP contribution in [0.25, 0.3) is 0 Å². The predicted octanol–water partition coefficient (Wildman–Crippen LogP) is 1.94. The summed E-state index contributed by atoms with van der Waals surface area (Å²) >= 11 is 8.45. The number of nitrogens with zero attached hydrogens (tertiary/aromatic N) is 2. The minimum Gasteiger partial charge on any atom is -0.351 e. The summed E-state index contributed by atoms with van der Waals surface area (Å²) < 4.78 is 2.33. The molecule has 1 heterocycles. The van der Waals surface area contributed by atoms with Gasteiger partial charge in [0.15, 0.2) is 5.69 Å². The third-order valence-electron chi connectivity index (χ3n) is 2.09. The number of halogens is 2. The van der Waals surface area contributed by atoms with Crippen LogP contribution in [0.2, 0.25) is 0 Å². The zero-order valence-electron chi connectivity index (χ0n) is 9.37. The van der Waals surface area contributed by atoms with Gasteiger partial charge >= 0.3 is 0 Å². The second kappa shape index (κ2) is 6.76.